The Morgan fingerprint density at radius 3 is 2.55 bits per heavy atom. The largest absolute Gasteiger partial charge is 0.455 e. The Bertz CT molecular complexity index is 1270. The number of rotatable bonds is 6. The van der Waals surface area contributed by atoms with Crippen molar-refractivity contribution in [1.82, 2.24) is 9.88 Å². The molecular weight excluding hydrogens is 452 g/mol. The highest BCUT2D eigenvalue weighted by Crippen LogP contribution is 2.36. The van der Waals surface area contributed by atoms with Crippen molar-refractivity contribution in [2.45, 2.75) is 19.4 Å². The molecule has 0 atom stereocenters. The fraction of sp³-hybridized carbons (Fsp3) is 0.192. The van der Waals surface area contributed by atoms with Crippen molar-refractivity contribution in [2.24, 2.45) is 0 Å². The molecule has 166 valence electrons. The second-order valence-electron chi connectivity index (χ2n) is 7.81. The van der Waals surface area contributed by atoms with Gasteiger partial charge in [0.25, 0.3) is 5.91 Å². The van der Waals surface area contributed by atoms with Gasteiger partial charge >= 0.3 is 5.97 Å². The monoisotopic (exact) mass is 474 g/mol. The van der Waals surface area contributed by atoms with Crippen molar-refractivity contribution in [2.75, 3.05) is 13.2 Å². The number of aromatic nitrogens is 1. The Labute approximate surface area is 200 Å². The van der Waals surface area contributed by atoms with Crippen LogP contribution in [0.3, 0.4) is 0 Å². The summed E-state index contributed by atoms with van der Waals surface area (Å²) in [5.74, 6) is -0.576. The molecule has 5 rings (SSSR count). The van der Waals surface area contributed by atoms with Crippen molar-refractivity contribution in [3.05, 3.63) is 88.1 Å². The Balaban J connectivity index is 1.25. The van der Waals surface area contributed by atoms with Crippen molar-refractivity contribution in [3.63, 3.8) is 0 Å². The highest BCUT2D eigenvalue weighted by molar-refractivity contribution is 7.17. The first-order chi connectivity index (χ1) is 16.2. The molecule has 7 heteroatoms. The van der Waals surface area contributed by atoms with Gasteiger partial charge in [0.05, 0.1) is 17.0 Å². The summed E-state index contributed by atoms with van der Waals surface area (Å²) >= 11 is 3.08. The predicted octanol–water partition coefficient (Wildman–Crippen LogP) is 5.21. The molecule has 0 bridgehead atoms. The van der Waals surface area contributed by atoms with Crippen LogP contribution in [0.15, 0.2) is 72.1 Å². The Morgan fingerprint density at radius 1 is 0.970 bits per heavy atom. The number of ether oxygens (including phenoxy) is 1. The van der Waals surface area contributed by atoms with Crippen LogP contribution < -0.4 is 0 Å². The van der Waals surface area contributed by atoms with Crippen LogP contribution in [0.2, 0.25) is 0 Å². The first-order valence-electron chi connectivity index (χ1n) is 10.8. The lowest BCUT2D eigenvalue weighted by atomic mass is 10.00. The lowest BCUT2D eigenvalue weighted by Gasteiger charge is -2.28. The van der Waals surface area contributed by atoms with E-state index < -0.39 is 5.97 Å². The summed E-state index contributed by atoms with van der Waals surface area (Å²) in [5, 5.41) is 2.86. The van der Waals surface area contributed by atoms with E-state index in [0.29, 0.717) is 13.1 Å². The van der Waals surface area contributed by atoms with Crippen LogP contribution in [0.25, 0.3) is 21.1 Å². The molecule has 1 aliphatic heterocycles. The van der Waals surface area contributed by atoms with Gasteiger partial charge in [-0.25, -0.2) is 4.98 Å². The topological polar surface area (TPSA) is 59.5 Å². The molecule has 33 heavy (non-hydrogen) atoms. The van der Waals surface area contributed by atoms with E-state index in [1.54, 1.807) is 16.2 Å². The van der Waals surface area contributed by atoms with E-state index in [4.69, 9.17) is 9.72 Å². The zero-order valence-electron chi connectivity index (χ0n) is 17.9. The molecule has 3 heterocycles. The number of esters is 1. The van der Waals surface area contributed by atoms with Crippen LogP contribution in [-0.2, 0) is 33.7 Å². The van der Waals surface area contributed by atoms with Gasteiger partial charge in [-0.15, -0.1) is 22.7 Å². The SMILES string of the molecule is O=C(Cc1sc(-c2ccccc2)nc1-c1cccs1)OCC(=O)N1CCc2ccccc2C1. The summed E-state index contributed by atoms with van der Waals surface area (Å²) in [6, 6.07) is 22.0. The average molecular weight is 475 g/mol. The maximum atomic E-state index is 12.7. The molecule has 0 saturated carbocycles. The third kappa shape index (κ3) is 4.89. The summed E-state index contributed by atoms with van der Waals surface area (Å²) in [7, 11) is 0. The molecule has 2 aromatic carbocycles. The smallest absolute Gasteiger partial charge is 0.311 e. The van der Waals surface area contributed by atoms with Gasteiger partial charge in [-0.1, -0.05) is 60.7 Å². The highest BCUT2D eigenvalue weighted by Gasteiger charge is 2.23. The minimum absolute atomic E-state index is 0.0911. The molecule has 0 radical (unpaired) electrons. The quantitative estimate of drug-likeness (QED) is 0.360. The summed E-state index contributed by atoms with van der Waals surface area (Å²) < 4.78 is 5.39. The van der Waals surface area contributed by atoms with Crippen LogP contribution in [0.5, 0.6) is 0 Å². The van der Waals surface area contributed by atoms with Crippen LogP contribution in [-0.4, -0.2) is 34.9 Å². The van der Waals surface area contributed by atoms with Gasteiger partial charge < -0.3 is 9.64 Å². The van der Waals surface area contributed by atoms with Crippen molar-refractivity contribution >= 4 is 34.6 Å². The van der Waals surface area contributed by atoms with Crippen molar-refractivity contribution in [1.29, 1.82) is 0 Å². The number of hydrogen-bond acceptors (Lipinski definition) is 6. The average Bonchev–Trinajstić information content (AvgIpc) is 3.53. The number of fused-ring (bicyclic) bond motifs is 1. The van der Waals surface area contributed by atoms with Gasteiger partial charge in [0.15, 0.2) is 6.61 Å². The van der Waals surface area contributed by atoms with Crippen molar-refractivity contribution < 1.29 is 14.3 Å². The standard InChI is InChI=1S/C26H22N2O3S2/c29-23(28-13-12-18-7-4-5-10-20(18)16-28)17-31-24(30)15-22-25(21-11-6-14-32-21)27-26(33-22)19-8-2-1-3-9-19/h1-11,14H,12-13,15-17H2. The first kappa shape index (κ1) is 21.6. The minimum atomic E-state index is -0.415. The Kier molecular flexibility index (Phi) is 6.32. The van der Waals surface area contributed by atoms with E-state index in [2.05, 4.69) is 6.07 Å². The van der Waals surface area contributed by atoms with Gasteiger partial charge in [-0.3, -0.25) is 9.59 Å². The van der Waals surface area contributed by atoms with Crippen molar-refractivity contribution in [3.8, 4) is 21.1 Å². The Hall–Kier alpha value is -3.29. The van der Waals surface area contributed by atoms with Crippen LogP contribution in [0, 0.1) is 0 Å². The van der Waals surface area contributed by atoms with E-state index in [0.717, 1.165) is 38.0 Å². The molecule has 0 spiro atoms. The lowest BCUT2D eigenvalue weighted by Crippen LogP contribution is -2.38. The normalized spacial score (nSPS) is 12.9. The molecule has 5 nitrogen and oxygen atoms in total. The molecule has 4 aromatic rings. The minimum Gasteiger partial charge on any atom is -0.455 e. The van der Waals surface area contributed by atoms with Crippen LogP contribution >= 0.6 is 22.7 Å². The van der Waals surface area contributed by atoms with Gasteiger partial charge in [0.2, 0.25) is 0 Å². The second kappa shape index (κ2) is 9.68. The summed E-state index contributed by atoms with van der Waals surface area (Å²) in [4.78, 5) is 33.7. The molecule has 0 saturated heterocycles. The predicted molar refractivity (Wildman–Crippen MR) is 131 cm³/mol. The maximum absolute atomic E-state index is 12.7. The van der Waals surface area contributed by atoms with Gasteiger partial charge in [0, 0.05) is 23.5 Å². The van der Waals surface area contributed by atoms with E-state index in [1.165, 1.54) is 16.9 Å². The molecule has 0 aliphatic carbocycles. The molecule has 0 unspecified atom stereocenters. The number of hydrogen-bond donors (Lipinski definition) is 0. The zero-order chi connectivity index (χ0) is 22.6. The Morgan fingerprint density at radius 2 is 1.76 bits per heavy atom. The molecule has 0 fully saturated rings. The first-order valence-corrected chi connectivity index (χ1v) is 12.5. The number of benzene rings is 2. The van der Waals surface area contributed by atoms with Crippen LogP contribution in [0.4, 0.5) is 0 Å². The zero-order valence-corrected chi connectivity index (χ0v) is 19.5. The molecular formula is C26H22N2O3S2. The molecule has 0 N–H and O–H groups in total. The number of carbonyl (C=O) groups excluding carboxylic acids is 2. The molecule has 1 amide bonds. The van der Waals surface area contributed by atoms with Gasteiger partial charge in [-0.05, 0) is 29.0 Å². The van der Waals surface area contributed by atoms with E-state index >= 15 is 0 Å². The highest BCUT2D eigenvalue weighted by atomic mass is 32.1. The summed E-state index contributed by atoms with van der Waals surface area (Å²) in [6.45, 7) is 0.968. The second-order valence-corrected chi connectivity index (χ2v) is 9.84. The fourth-order valence-corrected chi connectivity index (χ4v) is 5.78. The third-order valence-corrected chi connectivity index (χ3v) is 7.60. The number of thiazole rings is 1. The molecule has 2 aromatic heterocycles. The fourth-order valence-electron chi connectivity index (χ4n) is 3.91. The summed E-state index contributed by atoms with van der Waals surface area (Å²) in [6.07, 6.45) is 0.914. The lowest BCUT2D eigenvalue weighted by molar-refractivity contribution is -0.151. The van der Waals surface area contributed by atoms with E-state index in [-0.39, 0.29) is 18.9 Å². The number of nitrogens with zero attached hydrogens (tertiary/aromatic N) is 2. The number of amides is 1. The van der Waals surface area contributed by atoms with Gasteiger partial charge in [0.1, 0.15) is 5.01 Å². The number of carbonyl (C=O) groups is 2. The van der Waals surface area contributed by atoms with Crippen LogP contribution in [0.1, 0.15) is 16.0 Å². The van der Waals surface area contributed by atoms with Gasteiger partial charge in [-0.2, -0.15) is 0 Å². The third-order valence-electron chi connectivity index (χ3n) is 5.62. The number of thiophene rings is 1. The summed E-state index contributed by atoms with van der Waals surface area (Å²) in [5.41, 5.74) is 4.26. The maximum Gasteiger partial charge on any atom is 0.311 e. The van der Waals surface area contributed by atoms with E-state index in [1.807, 2.05) is 66.0 Å². The van der Waals surface area contributed by atoms with E-state index in [9.17, 15) is 9.59 Å². The molecule has 1 aliphatic rings.